The van der Waals surface area contributed by atoms with E-state index in [1.807, 2.05) is 0 Å². The minimum atomic E-state index is -0.267. The van der Waals surface area contributed by atoms with E-state index in [2.05, 4.69) is 22.1 Å². The number of carbonyl (C=O) groups excluding carboxylic acids is 1. The standard InChI is InChI=1S/C15H12ClN3O/c16-13-4-1-5-14(8-13)19-15(20)12-7-11(3-2-6-17)9-18-10-12/h1,4-5,7-10H,6,17H2,(H,19,20). The quantitative estimate of drug-likeness (QED) is 0.832. The third kappa shape index (κ3) is 3.82. The predicted molar refractivity (Wildman–Crippen MR) is 79.6 cm³/mol. The summed E-state index contributed by atoms with van der Waals surface area (Å²) < 4.78 is 0. The van der Waals surface area contributed by atoms with Crippen LogP contribution in [0, 0.1) is 11.8 Å². The molecule has 0 spiro atoms. The average Bonchev–Trinajstić information content (AvgIpc) is 2.45. The molecule has 1 heterocycles. The maximum atomic E-state index is 12.1. The summed E-state index contributed by atoms with van der Waals surface area (Å²) in [6, 6.07) is 8.59. The van der Waals surface area contributed by atoms with Crippen molar-refractivity contribution < 1.29 is 4.79 Å². The van der Waals surface area contributed by atoms with Gasteiger partial charge in [0.25, 0.3) is 5.91 Å². The SMILES string of the molecule is NCC#Cc1cncc(C(=O)Nc2cccc(Cl)c2)c1. The number of aromatic nitrogens is 1. The summed E-state index contributed by atoms with van der Waals surface area (Å²) in [6.45, 7) is 0.263. The van der Waals surface area contributed by atoms with Crippen LogP contribution in [0.3, 0.4) is 0 Å². The smallest absolute Gasteiger partial charge is 0.257 e. The number of hydrogen-bond donors (Lipinski definition) is 2. The highest BCUT2D eigenvalue weighted by molar-refractivity contribution is 6.30. The van der Waals surface area contributed by atoms with Crippen LogP contribution < -0.4 is 11.1 Å². The number of pyridine rings is 1. The van der Waals surface area contributed by atoms with E-state index in [4.69, 9.17) is 17.3 Å². The van der Waals surface area contributed by atoms with Crippen LogP contribution in [-0.2, 0) is 0 Å². The summed E-state index contributed by atoms with van der Waals surface area (Å²) in [5.74, 6) is 5.28. The molecule has 0 fully saturated rings. The van der Waals surface area contributed by atoms with Gasteiger partial charge in [-0.2, -0.15) is 0 Å². The van der Waals surface area contributed by atoms with Crippen molar-refractivity contribution in [2.24, 2.45) is 5.73 Å². The van der Waals surface area contributed by atoms with Gasteiger partial charge in [0.15, 0.2) is 0 Å². The summed E-state index contributed by atoms with van der Waals surface area (Å²) in [7, 11) is 0. The van der Waals surface area contributed by atoms with E-state index in [0.717, 1.165) is 0 Å². The Kier molecular flexibility index (Phi) is 4.72. The van der Waals surface area contributed by atoms with Gasteiger partial charge < -0.3 is 11.1 Å². The first kappa shape index (κ1) is 14.1. The molecule has 3 N–H and O–H groups in total. The van der Waals surface area contributed by atoms with Crippen molar-refractivity contribution in [2.45, 2.75) is 0 Å². The molecule has 100 valence electrons. The summed E-state index contributed by atoms with van der Waals surface area (Å²) in [5, 5.41) is 3.30. The third-order valence-corrected chi connectivity index (χ3v) is 2.65. The molecule has 0 aliphatic carbocycles. The molecule has 0 unspecified atom stereocenters. The second-order valence-corrected chi connectivity index (χ2v) is 4.37. The molecule has 0 saturated carbocycles. The van der Waals surface area contributed by atoms with Gasteiger partial charge in [-0.25, -0.2) is 0 Å². The van der Waals surface area contributed by atoms with Crippen LogP contribution in [0.5, 0.6) is 0 Å². The topological polar surface area (TPSA) is 68.0 Å². The molecule has 1 amide bonds. The maximum Gasteiger partial charge on any atom is 0.257 e. The van der Waals surface area contributed by atoms with Gasteiger partial charge in [0.1, 0.15) is 0 Å². The number of hydrogen-bond acceptors (Lipinski definition) is 3. The lowest BCUT2D eigenvalue weighted by atomic mass is 10.2. The zero-order chi connectivity index (χ0) is 14.4. The minimum absolute atomic E-state index is 0.263. The van der Waals surface area contributed by atoms with Gasteiger partial charge in [0.2, 0.25) is 0 Å². The van der Waals surface area contributed by atoms with E-state index in [0.29, 0.717) is 21.8 Å². The lowest BCUT2D eigenvalue weighted by Gasteiger charge is -2.05. The lowest BCUT2D eigenvalue weighted by Crippen LogP contribution is -2.12. The molecular formula is C15H12ClN3O. The summed E-state index contributed by atoms with van der Waals surface area (Å²) in [5.41, 5.74) is 7.00. The van der Waals surface area contributed by atoms with E-state index in [1.54, 1.807) is 36.5 Å². The van der Waals surface area contributed by atoms with Crippen LogP contribution in [0.1, 0.15) is 15.9 Å². The Labute approximate surface area is 122 Å². The first-order valence-electron chi connectivity index (χ1n) is 5.90. The van der Waals surface area contributed by atoms with Crippen LogP contribution in [0.15, 0.2) is 42.7 Å². The number of halogens is 1. The molecule has 4 nitrogen and oxygen atoms in total. The molecule has 5 heteroatoms. The van der Waals surface area contributed by atoms with Crippen LogP contribution >= 0.6 is 11.6 Å². The van der Waals surface area contributed by atoms with Crippen molar-refractivity contribution in [3.63, 3.8) is 0 Å². The van der Waals surface area contributed by atoms with Crippen LogP contribution in [0.25, 0.3) is 0 Å². The largest absolute Gasteiger partial charge is 0.322 e. The lowest BCUT2D eigenvalue weighted by molar-refractivity contribution is 0.102. The highest BCUT2D eigenvalue weighted by Crippen LogP contribution is 2.15. The van der Waals surface area contributed by atoms with E-state index in [9.17, 15) is 4.79 Å². The second kappa shape index (κ2) is 6.71. The van der Waals surface area contributed by atoms with E-state index < -0.39 is 0 Å². The monoisotopic (exact) mass is 285 g/mol. The first-order valence-corrected chi connectivity index (χ1v) is 6.28. The Morgan fingerprint density at radius 1 is 1.35 bits per heavy atom. The Balaban J connectivity index is 2.17. The predicted octanol–water partition coefficient (Wildman–Crippen LogP) is 2.30. The minimum Gasteiger partial charge on any atom is -0.322 e. The molecule has 0 aliphatic heterocycles. The van der Waals surface area contributed by atoms with Gasteiger partial charge in [-0.05, 0) is 24.3 Å². The number of anilines is 1. The molecular weight excluding hydrogens is 274 g/mol. The number of rotatable bonds is 2. The average molecular weight is 286 g/mol. The van der Waals surface area contributed by atoms with Gasteiger partial charge in [0.05, 0.1) is 12.1 Å². The summed E-state index contributed by atoms with van der Waals surface area (Å²) in [4.78, 5) is 16.1. The zero-order valence-electron chi connectivity index (χ0n) is 10.6. The number of nitrogens with zero attached hydrogens (tertiary/aromatic N) is 1. The number of carbonyl (C=O) groups is 1. The molecule has 1 aromatic carbocycles. The molecule has 2 rings (SSSR count). The fraction of sp³-hybridized carbons (Fsp3) is 0.0667. The molecule has 0 aliphatic rings. The van der Waals surface area contributed by atoms with Crippen LogP contribution in [0.4, 0.5) is 5.69 Å². The number of benzene rings is 1. The third-order valence-electron chi connectivity index (χ3n) is 2.42. The highest BCUT2D eigenvalue weighted by atomic mass is 35.5. The number of nitrogens with one attached hydrogen (secondary N) is 1. The van der Waals surface area contributed by atoms with Gasteiger partial charge in [-0.3, -0.25) is 9.78 Å². The van der Waals surface area contributed by atoms with Gasteiger partial charge in [-0.1, -0.05) is 29.5 Å². The number of nitrogens with two attached hydrogens (primary N) is 1. The van der Waals surface area contributed by atoms with Gasteiger partial charge >= 0.3 is 0 Å². The molecule has 0 saturated heterocycles. The zero-order valence-corrected chi connectivity index (χ0v) is 11.3. The van der Waals surface area contributed by atoms with Crippen molar-refractivity contribution in [3.8, 4) is 11.8 Å². The van der Waals surface area contributed by atoms with Crippen LogP contribution in [-0.4, -0.2) is 17.4 Å². The Hall–Kier alpha value is -2.35. The van der Waals surface area contributed by atoms with Crippen molar-refractivity contribution in [1.29, 1.82) is 0 Å². The Bertz CT molecular complexity index is 689. The molecule has 20 heavy (non-hydrogen) atoms. The highest BCUT2D eigenvalue weighted by Gasteiger charge is 2.07. The van der Waals surface area contributed by atoms with E-state index in [1.165, 1.54) is 6.20 Å². The Morgan fingerprint density at radius 3 is 2.95 bits per heavy atom. The van der Waals surface area contributed by atoms with Crippen molar-refractivity contribution >= 4 is 23.2 Å². The first-order chi connectivity index (χ1) is 9.69. The molecule has 0 bridgehead atoms. The molecule has 2 aromatic rings. The van der Waals surface area contributed by atoms with Crippen LogP contribution in [0.2, 0.25) is 5.02 Å². The van der Waals surface area contributed by atoms with Gasteiger partial charge in [-0.15, -0.1) is 0 Å². The Morgan fingerprint density at radius 2 is 2.20 bits per heavy atom. The van der Waals surface area contributed by atoms with Crippen molar-refractivity contribution in [1.82, 2.24) is 4.98 Å². The van der Waals surface area contributed by atoms with Gasteiger partial charge in [0, 0.05) is 28.7 Å². The molecule has 0 atom stereocenters. The maximum absolute atomic E-state index is 12.1. The summed E-state index contributed by atoms with van der Waals surface area (Å²) in [6.07, 6.45) is 3.06. The van der Waals surface area contributed by atoms with E-state index >= 15 is 0 Å². The molecule has 1 aromatic heterocycles. The van der Waals surface area contributed by atoms with E-state index in [-0.39, 0.29) is 12.5 Å². The fourth-order valence-corrected chi connectivity index (χ4v) is 1.75. The fourth-order valence-electron chi connectivity index (χ4n) is 1.56. The normalized spacial score (nSPS) is 9.50. The number of amides is 1. The summed E-state index contributed by atoms with van der Waals surface area (Å²) >= 11 is 5.86. The molecule has 0 radical (unpaired) electrons. The van der Waals surface area contributed by atoms with Crippen molar-refractivity contribution in [3.05, 3.63) is 58.9 Å². The second-order valence-electron chi connectivity index (χ2n) is 3.93. The van der Waals surface area contributed by atoms with Crippen molar-refractivity contribution in [2.75, 3.05) is 11.9 Å².